The number of hydrazine groups is 1. The minimum Gasteiger partial charge on any atom is -0.479 e. The summed E-state index contributed by atoms with van der Waals surface area (Å²) in [5, 5.41) is 23.0. The van der Waals surface area contributed by atoms with Crippen LogP contribution in [-0.2, 0) is 11.3 Å². The van der Waals surface area contributed by atoms with Gasteiger partial charge in [-0.05, 0) is 41.5 Å². The van der Waals surface area contributed by atoms with Gasteiger partial charge in [0, 0.05) is 23.2 Å². The van der Waals surface area contributed by atoms with E-state index in [9.17, 15) is 28.3 Å². The Morgan fingerprint density at radius 3 is 2.42 bits per heavy atom. The molecule has 0 aliphatic rings. The molecule has 0 bridgehead atoms. The minimum absolute atomic E-state index is 0.0490. The van der Waals surface area contributed by atoms with Crippen LogP contribution in [0.2, 0.25) is 5.02 Å². The third-order valence-electron chi connectivity index (χ3n) is 5.56. The average molecular weight is 543 g/mol. The van der Waals surface area contributed by atoms with Crippen LogP contribution in [-0.4, -0.2) is 49.5 Å². The van der Waals surface area contributed by atoms with Gasteiger partial charge in [0.1, 0.15) is 23.0 Å². The molecular formula is C26H21ClF2N4O5. The number of nitrogens with zero attached hydrogens (tertiary/aromatic N) is 2. The second-order valence-electron chi connectivity index (χ2n) is 8.29. The van der Waals surface area contributed by atoms with Crippen LogP contribution in [0.5, 0.6) is 0 Å². The number of carboxylic acid groups (broad SMARTS) is 1. The Bertz CT molecular complexity index is 1540. The molecule has 0 aliphatic carbocycles. The first-order chi connectivity index (χ1) is 18.1. The highest BCUT2D eigenvalue weighted by molar-refractivity contribution is 6.30. The van der Waals surface area contributed by atoms with E-state index in [1.165, 1.54) is 36.4 Å². The maximum Gasteiger partial charge on any atom is 0.333 e. The molecule has 1 atom stereocenters. The smallest absolute Gasteiger partial charge is 0.333 e. The molecular weight excluding hydrogens is 522 g/mol. The van der Waals surface area contributed by atoms with Gasteiger partial charge in [0.05, 0.1) is 6.54 Å². The van der Waals surface area contributed by atoms with Gasteiger partial charge in [-0.3, -0.25) is 20.1 Å². The molecule has 0 saturated carbocycles. The number of aliphatic carboxylic acids is 1. The SMILES string of the molecule is O=C(NN(Cc1ccc(-c2cc(Cl)ccc2F)cc1)CC(O)C(=O)O)c1cc(=O)n(-c2ccccc2F)[nH]1. The molecule has 196 valence electrons. The van der Waals surface area contributed by atoms with Crippen LogP contribution in [0, 0.1) is 11.6 Å². The topological polar surface area (TPSA) is 128 Å². The van der Waals surface area contributed by atoms with Crippen LogP contribution in [0.25, 0.3) is 16.8 Å². The van der Waals surface area contributed by atoms with Gasteiger partial charge in [-0.1, -0.05) is 48.0 Å². The van der Waals surface area contributed by atoms with Crippen molar-refractivity contribution >= 4 is 23.5 Å². The summed E-state index contributed by atoms with van der Waals surface area (Å²) >= 11 is 5.97. The van der Waals surface area contributed by atoms with Gasteiger partial charge in [-0.15, -0.1) is 0 Å². The van der Waals surface area contributed by atoms with Crippen molar-refractivity contribution in [3.63, 3.8) is 0 Å². The van der Waals surface area contributed by atoms with Crippen LogP contribution in [0.4, 0.5) is 8.78 Å². The second-order valence-corrected chi connectivity index (χ2v) is 8.73. The predicted octanol–water partition coefficient (Wildman–Crippen LogP) is 3.36. The van der Waals surface area contributed by atoms with Crippen molar-refractivity contribution in [2.24, 2.45) is 0 Å². The van der Waals surface area contributed by atoms with Gasteiger partial charge < -0.3 is 10.2 Å². The quantitative estimate of drug-likeness (QED) is 0.240. The average Bonchev–Trinajstić information content (AvgIpc) is 3.27. The third-order valence-corrected chi connectivity index (χ3v) is 5.80. The van der Waals surface area contributed by atoms with Crippen molar-refractivity contribution in [2.45, 2.75) is 12.6 Å². The number of amides is 1. The molecule has 4 rings (SSSR count). The predicted molar refractivity (Wildman–Crippen MR) is 135 cm³/mol. The maximum absolute atomic E-state index is 14.2. The lowest BCUT2D eigenvalue weighted by Crippen LogP contribution is -2.47. The summed E-state index contributed by atoms with van der Waals surface area (Å²) in [5.41, 5.74) is 2.87. The second kappa shape index (κ2) is 11.4. The third kappa shape index (κ3) is 6.14. The molecule has 12 heteroatoms. The van der Waals surface area contributed by atoms with Crippen molar-refractivity contribution in [3.05, 3.63) is 111 Å². The van der Waals surface area contributed by atoms with E-state index in [-0.39, 0.29) is 17.9 Å². The van der Waals surface area contributed by atoms with E-state index in [1.807, 2.05) is 0 Å². The van der Waals surface area contributed by atoms with Crippen molar-refractivity contribution < 1.29 is 28.6 Å². The molecule has 38 heavy (non-hydrogen) atoms. The zero-order valence-electron chi connectivity index (χ0n) is 19.6. The zero-order chi connectivity index (χ0) is 27.4. The van der Waals surface area contributed by atoms with Crippen molar-refractivity contribution in [2.75, 3.05) is 6.54 Å². The van der Waals surface area contributed by atoms with E-state index in [2.05, 4.69) is 10.5 Å². The molecule has 3 aromatic carbocycles. The number of hydrogen-bond donors (Lipinski definition) is 4. The number of aromatic amines is 1. The van der Waals surface area contributed by atoms with E-state index in [4.69, 9.17) is 16.7 Å². The summed E-state index contributed by atoms with van der Waals surface area (Å²) < 4.78 is 29.2. The first-order valence-electron chi connectivity index (χ1n) is 11.2. The molecule has 0 radical (unpaired) electrons. The highest BCUT2D eigenvalue weighted by Crippen LogP contribution is 2.26. The summed E-state index contributed by atoms with van der Waals surface area (Å²) in [5.74, 6) is -3.48. The number of aliphatic hydroxyl groups is 1. The number of carbonyl (C=O) groups excluding carboxylic acids is 1. The fourth-order valence-corrected chi connectivity index (χ4v) is 3.87. The molecule has 4 aromatic rings. The Labute approximate surface area is 219 Å². The Hall–Kier alpha value is -4.32. The highest BCUT2D eigenvalue weighted by atomic mass is 35.5. The fourth-order valence-electron chi connectivity index (χ4n) is 3.69. The summed E-state index contributed by atoms with van der Waals surface area (Å²) in [4.78, 5) is 36.4. The maximum atomic E-state index is 14.2. The Morgan fingerprint density at radius 2 is 1.74 bits per heavy atom. The standard InChI is InChI=1S/C26H21ClF2N4O5/c27-17-9-10-19(28)18(11-17)16-7-5-15(6-8-16)13-32(14-23(34)26(37)38)31-25(36)21-12-24(35)33(30-21)22-4-2-1-3-20(22)29/h1-12,23,30,34H,13-14H2,(H,31,36)(H,37,38). The summed E-state index contributed by atoms with van der Waals surface area (Å²) in [6.07, 6.45) is -1.84. The number of carboxylic acids is 1. The van der Waals surface area contributed by atoms with Crippen LogP contribution in [0.3, 0.4) is 0 Å². The number of hydrogen-bond acceptors (Lipinski definition) is 5. The van der Waals surface area contributed by atoms with Crippen molar-refractivity contribution in [1.82, 2.24) is 20.2 Å². The van der Waals surface area contributed by atoms with Gasteiger partial charge in [0.25, 0.3) is 11.5 Å². The molecule has 1 aromatic heterocycles. The number of para-hydroxylation sites is 1. The van der Waals surface area contributed by atoms with E-state index < -0.39 is 41.7 Å². The fraction of sp³-hybridized carbons (Fsp3) is 0.115. The Balaban J connectivity index is 1.54. The van der Waals surface area contributed by atoms with Gasteiger partial charge in [-0.2, -0.15) is 0 Å². The van der Waals surface area contributed by atoms with Crippen LogP contribution in [0.1, 0.15) is 16.1 Å². The normalized spacial score (nSPS) is 11.9. The van der Waals surface area contributed by atoms with E-state index >= 15 is 0 Å². The molecule has 1 unspecified atom stereocenters. The monoisotopic (exact) mass is 542 g/mol. The van der Waals surface area contributed by atoms with Gasteiger partial charge >= 0.3 is 5.97 Å². The van der Waals surface area contributed by atoms with Crippen LogP contribution < -0.4 is 11.0 Å². The zero-order valence-corrected chi connectivity index (χ0v) is 20.3. The van der Waals surface area contributed by atoms with Gasteiger partial charge in [0.15, 0.2) is 6.10 Å². The largest absolute Gasteiger partial charge is 0.479 e. The molecule has 1 amide bonds. The molecule has 0 aliphatic heterocycles. The first kappa shape index (κ1) is 26.7. The lowest BCUT2D eigenvalue weighted by atomic mass is 10.0. The molecule has 4 N–H and O–H groups in total. The van der Waals surface area contributed by atoms with Crippen LogP contribution >= 0.6 is 11.6 Å². The van der Waals surface area contributed by atoms with Gasteiger partial charge in [-0.25, -0.2) is 23.3 Å². The lowest BCUT2D eigenvalue weighted by molar-refractivity contribution is -0.148. The summed E-state index contributed by atoms with van der Waals surface area (Å²) in [6.45, 7) is -0.545. The Kier molecular flexibility index (Phi) is 8.01. The van der Waals surface area contributed by atoms with E-state index in [0.717, 1.165) is 21.8 Å². The Morgan fingerprint density at radius 1 is 1.03 bits per heavy atom. The minimum atomic E-state index is -1.84. The number of halogens is 3. The first-order valence-corrected chi connectivity index (χ1v) is 11.6. The number of rotatable bonds is 9. The molecule has 9 nitrogen and oxygen atoms in total. The van der Waals surface area contributed by atoms with Gasteiger partial charge in [0.2, 0.25) is 0 Å². The molecule has 0 spiro atoms. The molecule has 0 fully saturated rings. The number of aromatic nitrogens is 2. The summed E-state index contributed by atoms with van der Waals surface area (Å²) in [7, 11) is 0. The van der Waals surface area contributed by atoms with Crippen molar-refractivity contribution in [3.8, 4) is 16.8 Å². The molecule has 0 saturated heterocycles. The molecule has 1 heterocycles. The van der Waals surface area contributed by atoms with Crippen molar-refractivity contribution in [1.29, 1.82) is 0 Å². The number of benzene rings is 3. The van der Waals surface area contributed by atoms with E-state index in [0.29, 0.717) is 21.7 Å². The van der Waals surface area contributed by atoms with E-state index in [1.54, 1.807) is 24.3 Å². The number of carbonyl (C=O) groups is 2. The summed E-state index contributed by atoms with van der Waals surface area (Å²) in [6, 6.07) is 17.1. The number of nitrogens with one attached hydrogen (secondary N) is 2. The van der Waals surface area contributed by atoms with Crippen LogP contribution in [0.15, 0.2) is 77.6 Å². The number of H-pyrrole nitrogens is 1. The highest BCUT2D eigenvalue weighted by Gasteiger charge is 2.22. The number of aliphatic hydroxyl groups excluding tert-OH is 1. The lowest BCUT2D eigenvalue weighted by Gasteiger charge is -2.24.